The minimum Gasteiger partial charge on any atom is -0.350 e. The molecule has 1 N–H and O–H groups in total. The molecule has 1 saturated heterocycles. The summed E-state index contributed by atoms with van der Waals surface area (Å²) in [5.74, 6) is -0.331. The van der Waals surface area contributed by atoms with Gasteiger partial charge in [-0.05, 0) is 42.2 Å². The Bertz CT molecular complexity index is 931. The highest BCUT2D eigenvalue weighted by atomic mass is 16.2. The number of benzene rings is 2. The zero-order valence-corrected chi connectivity index (χ0v) is 16.9. The van der Waals surface area contributed by atoms with Gasteiger partial charge in [0, 0.05) is 13.0 Å². The molecule has 2 aromatic rings. The van der Waals surface area contributed by atoms with E-state index in [4.69, 9.17) is 0 Å². The Morgan fingerprint density at radius 1 is 0.867 bits per heavy atom. The van der Waals surface area contributed by atoms with E-state index in [0.717, 1.165) is 30.4 Å². The number of hydrogen-bond acceptors (Lipinski definition) is 3. The van der Waals surface area contributed by atoms with Gasteiger partial charge in [-0.25, -0.2) is 0 Å². The maximum Gasteiger partial charge on any atom is 0.243 e. The number of rotatable bonds is 6. The van der Waals surface area contributed by atoms with Gasteiger partial charge in [-0.15, -0.1) is 0 Å². The Hall–Kier alpha value is -2.95. The smallest absolute Gasteiger partial charge is 0.243 e. The van der Waals surface area contributed by atoms with E-state index < -0.39 is 6.04 Å². The molecule has 2 aromatic carbocycles. The molecule has 1 aliphatic heterocycles. The molecule has 30 heavy (non-hydrogen) atoms. The second kappa shape index (κ2) is 7.71. The molecular weight excluding hydrogens is 376 g/mol. The first-order chi connectivity index (χ1) is 14.6. The van der Waals surface area contributed by atoms with Gasteiger partial charge >= 0.3 is 0 Å². The molecule has 5 atom stereocenters. The van der Waals surface area contributed by atoms with Crippen LogP contribution in [0, 0.1) is 23.7 Å². The fraction of sp³-hybridized carbons (Fsp3) is 0.400. The van der Waals surface area contributed by atoms with Gasteiger partial charge in [0.15, 0.2) is 0 Å². The lowest BCUT2D eigenvalue weighted by Crippen LogP contribution is -2.51. The van der Waals surface area contributed by atoms with Crippen molar-refractivity contribution in [3.05, 3.63) is 71.8 Å². The molecular formula is C25H26N2O3. The van der Waals surface area contributed by atoms with E-state index in [1.165, 1.54) is 4.90 Å². The fourth-order valence-electron chi connectivity index (χ4n) is 5.78. The molecule has 5 rings (SSSR count). The van der Waals surface area contributed by atoms with Crippen molar-refractivity contribution in [2.45, 2.75) is 38.3 Å². The Morgan fingerprint density at radius 2 is 1.40 bits per heavy atom. The summed E-state index contributed by atoms with van der Waals surface area (Å²) in [6.07, 6.45) is 3.39. The maximum absolute atomic E-state index is 13.3. The number of likely N-dealkylation sites (tertiary alicyclic amines) is 1. The summed E-state index contributed by atoms with van der Waals surface area (Å²) in [5, 5.41) is 2.96. The maximum atomic E-state index is 13.3. The van der Waals surface area contributed by atoms with Crippen LogP contribution < -0.4 is 5.32 Å². The molecule has 2 aliphatic carbocycles. The Balaban J connectivity index is 1.40. The molecule has 154 valence electrons. The van der Waals surface area contributed by atoms with E-state index in [-0.39, 0.29) is 29.6 Å². The molecule has 3 amide bonds. The first kappa shape index (κ1) is 19.0. The minimum absolute atomic E-state index is 0.131. The SMILES string of the molecule is O=C(NCc1ccccc1)[C@H](Cc1ccccc1)N1C(=O)[C@@H]2[C@H]3CC[C@H](C3)[C@@H]2C1=O. The number of amides is 3. The second-order valence-corrected chi connectivity index (χ2v) is 8.84. The molecule has 0 spiro atoms. The van der Waals surface area contributed by atoms with Crippen LogP contribution in [0.5, 0.6) is 0 Å². The quantitative estimate of drug-likeness (QED) is 0.756. The van der Waals surface area contributed by atoms with Crippen LogP contribution >= 0.6 is 0 Å². The Kier molecular flexibility index (Phi) is 4.89. The van der Waals surface area contributed by atoms with Crippen molar-refractivity contribution in [1.82, 2.24) is 10.2 Å². The molecule has 1 heterocycles. The highest BCUT2D eigenvalue weighted by Crippen LogP contribution is 2.56. The van der Waals surface area contributed by atoms with Gasteiger partial charge in [-0.3, -0.25) is 19.3 Å². The molecule has 0 unspecified atom stereocenters. The third kappa shape index (κ3) is 3.22. The van der Waals surface area contributed by atoms with E-state index in [2.05, 4.69) is 5.32 Å². The van der Waals surface area contributed by atoms with Crippen molar-refractivity contribution in [2.24, 2.45) is 23.7 Å². The lowest BCUT2D eigenvalue weighted by molar-refractivity contribution is -0.148. The summed E-state index contributed by atoms with van der Waals surface area (Å²) in [6.45, 7) is 0.374. The topological polar surface area (TPSA) is 66.5 Å². The van der Waals surface area contributed by atoms with Gasteiger partial charge in [-0.2, -0.15) is 0 Å². The number of carbonyl (C=O) groups is 3. The van der Waals surface area contributed by atoms with Crippen LogP contribution in [0.25, 0.3) is 0 Å². The lowest BCUT2D eigenvalue weighted by Gasteiger charge is -2.27. The van der Waals surface area contributed by atoms with Gasteiger partial charge in [0.2, 0.25) is 17.7 Å². The molecule has 0 radical (unpaired) electrons. The van der Waals surface area contributed by atoms with E-state index in [1.54, 1.807) is 0 Å². The highest BCUT2D eigenvalue weighted by Gasteiger charge is 2.62. The Morgan fingerprint density at radius 3 is 1.97 bits per heavy atom. The van der Waals surface area contributed by atoms with Gasteiger partial charge in [-0.1, -0.05) is 60.7 Å². The third-order valence-electron chi connectivity index (χ3n) is 7.16. The van der Waals surface area contributed by atoms with Crippen molar-refractivity contribution in [2.75, 3.05) is 0 Å². The summed E-state index contributed by atoms with van der Waals surface area (Å²) >= 11 is 0. The number of nitrogens with one attached hydrogen (secondary N) is 1. The van der Waals surface area contributed by atoms with Crippen molar-refractivity contribution >= 4 is 17.7 Å². The molecule has 5 nitrogen and oxygen atoms in total. The third-order valence-corrected chi connectivity index (χ3v) is 7.16. The van der Waals surface area contributed by atoms with Crippen molar-refractivity contribution in [3.63, 3.8) is 0 Å². The normalized spacial score (nSPS) is 27.9. The predicted octanol–water partition coefficient (Wildman–Crippen LogP) is 2.95. The monoisotopic (exact) mass is 402 g/mol. The Labute approximate surface area is 176 Å². The van der Waals surface area contributed by atoms with Crippen LogP contribution in [0.1, 0.15) is 30.4 Å². The first-order valence-corrected chi connectivity index (χ1v) is 10.9. The number of imide groups is 1. The van der Waals surface area contributed by atoms with Gasteiger partial charge in [0.1, 0.15) is 6.04 Å². The molecule has 5 heteroatoms. The number of nitrogens with zero attached hydrogens (tertiary/aromatic N) is 1. The molecule has 2 saturated carbocycles. The van der Waals surface area contributed by atoms with Crippen LogP contribution in [0.2, 0.25) is 0 Å². The zero-order chi connectivity index (χ0) is 20.7. The minimum atomic E-state index is -0.805. The van der Waals surface area contributed by atoms with E-state index in [9.17, 15) is 14.4 Å². The van der Waals surface area contributed by atoms with Gasteiger partial charge in [0.05, 0.1) is 11.8 Å². The van der Waals surface area contributed by atoms with Gasteiger partial charge < -0.3 is 5.32 Å². The average Bonchev–Trinajstić information content (AvgIpc) is 3.46. The summed E-state index contributed by atoms with van der Waals surface area (Å²) in [4.78, 5) is 41.2. The van der Waals surface area contributed by atoms with Crippen molar-refractivity contribution in [1.29, 1.82) is 0 Å². The van der Waals surface area contributed by atoms with Crippen LogP contribution in [0.3, 0.4) is 0 Å². The zero-order valence-electron chi connectivity index (χ0n) is 16.9. The standard InChI is InChI=1S/C25H26N2O3/c28-23(26-15-17-9-5-2-6-10-17)20(13-16-7-3-1-4-8-16)27-24(29)21-18-11-12-19(14-18)22(21)25(27)30/h1-10,18-22H,11-15H2,(H,26,28)/t18-,19+,20-,21+,22-/m0/s1. The molecule has 3 aliphatic rings. The summed E-state index contributed by atoms with van der Waals surface area (Å²) in [6, 6.07) is 18.5. The van der Waals surface area contributed by atoms with E-state index in [1.807, 2.05) is 60.7 Å². The lowest BCUT2D eigenvalue weighted by atomic mass is 9.81. The van der Waals surface area contributed by atoms with Crippen molar-refractivity contribution in [3.8, 4) is 0 Å². The molecule has 3 fully saturated rings. The van der Waals surface area contributed by atoms with Crippen molar-refractivity contribution < 1.29 is 14.4 Å². The van der Waals surface area contributed by atoms with Crippen LogP contribution in [-0.2, 0) is 27.3 Å². The van der Waals surface area contributed by atoms with Gasteiger partial charge in [0.25, 0.3) is 0 Å². The average molecular weight is 402 g/mol. The summed E-state index contributed by atoms with van der Waals surface area (Å²) in [7, 11) is 0. The summed E-state index contributed by atoms with van der Waals surface area (Å²) in [5.41, 5.74) is 1.93. The predicted molar refractivity (Wildman–Crippen MR) is 112 cm³/mol. The van der Waals surface area contributed by atoms with E-state index in [0.29, 0.717) is 24.8 Å². The number of fused-ring (bicyclic) bond motifs is 5. The highest BCUT2D eigenvalue weighted by molar-refractivity contribution is 6.09. The fourth-order valence-corrected chi connectivity index (χ4v) is 5.78. The second-order valence-electron chi connectivity index (χ2n) is 8.84. The largest absolute Gasteiger partial charge is 0.350 e. The van der Waals surface area contributed by atoms with Crippen LogP contribution in [0.15, 0.2) is 60.7 Å². The first-order valence-electron chi connectivity index (χ1n) is 10.9. The number of hydrogen-bond donors (Lipinski definition) is 1. The summed E-state index contributed by atoms with van der Waals surface area (Å²) < 4.78 is 0. The van der Waals surface area contributed by atoms with E-state index >= 15 is 0 Å². The number of carbonyl (C=O) groups excluding carboxylic acids is 3. The van der Waals surface area contributed by atoms with Crippen LogP contribution in [0.4, 0.5) is 0 Å². The molecule has 0 aromatic heterocycles. The molecule has 2 bridgehead atoms. The van der Waals surface area contributed by atoms with Crippen LogP contribution in [-0.4, -0.2) is 28.7 Å².